The van der Waals surface area contributed by atoms with E-state index in [9.17, 15) is 13.5 Å². The summed E-state index contributed by atoms with van der Waals surface area (Å²) in [7, 11) is -4.36. The fourth-order valence-electron chi connectivity index (χ4n) is 1.71. The van der Waals surface area contributed by atoms with E-state index in [0.717, 1.165) is 0 Å². The molecule has 1 aromatic rings. The van der Waals surface area contributed by atoms with E-state index in [1.54, 1.807) is 0 Å². The predicted molar refractivity (Wildman–Crippen MR) is 58.9 cm³/mol. The minimum atomic E-state index is -4.36. The minimum Gasteiger partial charge on any atom is -0.376 e. The van der Waals surface area contributed by atoms with Crippen LogP contribution in [0, 0.1) is 0 Å². The van der Waals surface area contributed by atoms with Crippen LogP contribution < -0.4 is 0 Å². The molecule has 0 heterocycles. The Hall–Kier alpha value is -1.79. The first-order valence-electron chi connectivity index (χ1n) is 4.63. The molecule has 0 unspecified atom stereocenters. The van der Waals surface area contributed by atoms with Gasteiger partial charge in [-0.25, -0.2) is 0 Å². The van der Waals surface area contributed by atoms with Crippen LogP contribution >= 0.6 is 0 Å². The summed E-state index contributed by atoms with van der Waals surface area (Å²) in [5.41, 5.74) is 9.08. The smallest absolute Gasteiger partial charge is 0.324 e. The molecule has 88 valence electrons. The second kappa shape index (κ2) is 3.90. The largest absolute Gasteiger partial charge is 0.376 e. The fourth-order valence-corrected chi connectivity index (χ4v) is 2.42. The van der Waals surface area contributed by atoms with Crippen molar-refractivity contribution in [3.8, 4) is 0 Å². The molecule has 0 bridgehead atoms. The van der Waals surface area contributed by atoms with E-state index in [2.05, 4.69) is 4.79 Å². The third-order valence-corrected chi connectivity index (χ3v) is 3.40. The fraction of sp³-hybridized carbons (Fsp3) is 0.100. The van der Waals surface area contributed by atoms with Crippen LogP contribution in [0.3, 0.4) is 0 Å². The SMILES string of the molecule is [N-]=[N+]=C1C=Cc2c(cccc2S(=O)(=O)O)[C@@H]1O. The van der Waals surface area contributed by atoms with Crippen LogP contribution in [0.5, 0.6) is 0 Å². The predicted octanol–water partition coefficient (Wildman–Crippen LogP) is 0.664. The van der Waals surface area contributed by atoms with E-state index in [1.807, 2.05) is 0 Å². The molecule has 1 aromatic carbocycles. The first-order chi connectivity index (χ1) is 7.95. The molecular weight excluding hydrogens is 244 g/mol. The Labute approximate surface area is 97.2 Å². The van der Waals surface area contributed by atoms with E-state index < -0.39 is 16.2 Å². The van der Waals surface area contributed by atoms with E-state index in [-0.39, 0.29) is 21.7 Å². The summed E-state index contributed by atoms with van der Waals surface area (Å²) in [6.07, 6.45) is 1.42. The molecule has 17 heavy (non-hydrogen) atoms. The number of hydrogen-bond donors (Lipinski definition) is 2. The van der Waals surface area contributed by atoms with Crippen molar-refractivity contribution in [2.75, 3.05) is 0 Å². The van der Waals surface area contributed by atoms with Crippen molar-refractivity contribution in [1.29, 1.82) is 0 Å². The van der Waals surface area contributed by atoms with Gasteiger partial charge in [0.25, 0.3) is 10.1 Å². The Morgan fingerprint density at radius 2 is 2.00 bits per heavy atom. The molecule has 0 aromatic heterocycles. The topological polar surface area (TPSA) is 111 Å². The highest BCUT2D eigenvalue weighted by Crippen LogP contribution is 2.30. The third kappa shape index (κ3) is 1.92. The Bertz CT molecular complexity index is 657. The zero-order chi connectivity index (χ0) is 12.6. The summed E-state index contributed by atoms with van der Waals surface area (Å²) >= 11 is 0. The summed E-state index contributed by atoms with van der Waals surface area (Å²) < 4.78 is 31.3. The van der Waals surface area contributed by atoms with Crippen LogP contribution in [-0.2, 0) is 10.1 Å². The van der Waals surface area contributed by atoms with Crippen molar-refractivity contribution in [1.82, 2.24) is 0 Å². The van der Waals surface area contributed by atoms with E-state index in [1.165, 1.54) is 30.4 Å². The zero-order valence-corrected chi connectivity index (χ0v) is 9.29. The summed E-state index contributed by atoms with van der Waals surface area (Å²) in [5, 5.41) is 9.79. The van der Waals surface area contributed by atoms with Crippen LogP contribution in [0.25, 0.3) is 11.6 Å². The van der Waals surface area contributed by atoms with Crippen molar-refractivity contribution in [2.24, 2.45) is 0 Å². The number of hydrogen-bond acceptors (Lipinski definition) is 3. The first kappa shape index (κ1) is 11.7. The molecule has 1 aliphatic rings. The maximum atomic E-state index is 11.1. The zero-order valence-electron chi connectivity index (χ0n) is 8.48. The van der Waals surface area contributed by atoms with E-state index >= 15 is 0 Å². The normalized spacial score (nSPS) is 18.7. The molecule has 0 radical (unpaired) electrons. The molecule has 0 saturated carbocycles. The molecule has 0 amide bonds. The second-order valence-electron chi connectivity index (χ2n) is 3.49. The van der Waals surface area contributed by atoms with Gasteiger partial charge in [0.1, 0.15) is 4.90 Å². The Balaban J connectivity index is 2.75. The number of fused-ring (bicyclic) bond motifs is 1. The molecular formula is C10H8N2O4S. The number of rotatable bonds is 1. The molecule has 0 spiro atoms. The Morgan fingerprint density at radius 3 is 2.59 bits per heavy atom. The van der Waals surface area contributed by atoms with Gasteiger partial charge in [0.2, 0.25) is 0 Å². The van der Waals surface area contributed by atoms with Crippen LogP contribution in [0.4, 0.5) is 0 Å². The van der Waals surface area contributed by atoms with Gasteiger partial charge in [0.05, 0.1) is 0 Å². The van der Waals surface area contributed by atoms with Gasteiger partial charge >= 0.3 is 5.71 Å². The molecule has 6 nitrogen and oxygen atoms in total. The van der Waals surface area contributed by atoms with Crippen molar-refractivity contribution < 1.29 is 22.9 Å². The van der Waals surface area contributed by atoms with Gasteiger partial charge in [0, 0.05) is 17.2 Å². The van der Waals surface area contributed by atoms with Gasteiger partial charge in [-0.05, 0) is 12.1 Å². The lowest BCUT2D eigenvalue weighted by Gasteiger charge is -2.15. The van der Waals surface area contributed by atoms with Crippen LogP contribution in [-0.4, -0.2) is 28.6 Å². The molecule has 0 saturated heterocycles. The van der Waals surface area contributed by atoms with Crippen LogP contribution in [0.2, 0.25) is 0 Å². The highest BCUT2D eigenvalue weighted by molar-refractivity contribution is 7.85. The molecule has 0 aliphatic heterocycles. The summed E-state index contributed by atoms with van der Waals surface area (Å²) in [5.74, 6) is 0. The van der Waals surface area contributed by atoms with Gasteiger partial charge < -0.3 is 10.6 Å². The minimum absolute atomic E-state index is 0.00462. The van der Waals surface area contributed by atoms with Gasteiger partial charge in [0.15, 0.2) is 6.10 Å². The molecule has 7 heteroatoms. The standard InChI is InChI=1S/C10H8N2O4S/c11-12-8-5-4-6-7(10(8)13)2-1-3-9(6)17(14,15)16/h1-5,10,13H,(H,14,15,16)/t10-/m0/s1. The number of benzene rings is 1. The Kier molecular flexibility index (Phi) is 2.68. The lowest BCUT2D eigenvalue weighted by molar-refractivity contribution is -0.0188. The van der Waals surface area contributed by atoms with Crippen LogP contribution in [0.15, 0.2) is 29.2 Å². The number of nitrogens with zero attached hydrogens (tertiary/aromatic N) is 2. The maximum absolute atomic E-state index is 11.1. The lowest BCUT2D eigenvalue weighted by Crippen LogP contribution is -2.17. The van der Waals surface area contributed by atoms with Crippen molar-refractivity contribution in [3.05, 3.63) is 40.9 Å². The second-order valence-corrected chi connectivity index (χ2v) is 4.88. The van der Waals surface area contributed by atoms with Gasteiger partial charge in [-0.1, -0.05) is 12.1 Å². The van der Waals surface area contributed by atoms with Gasteiger partial charge in [-0.3, -0.25) is 4.55 Å². The monoisotopic (exact) mass is 252 g/mol. The summed E-state index contributed by atoms with van der Waals surface area (Å²) in [6.45, 7) is 0. The average Bonchev–Trinajstić information content (AvgIpc) is 2.28. The highest BCUT2D eigenvalue weighted by atomic mass is 32.2. The molecule has 2 rings (SSSR count). The van der Waals surface area contributed by atoms with Gasteiger partial charge in [-0.2, -0.15) is 13.2 Å². The Morgan fingerprint density at radius 1 is 1.29 bits per heavy atom. The third-order valence-electron chi connectivity index (χ3n) is 2.49. The quantitative estimate of drug-likeness (QED) is 0.434. The highest BCUT2D eigenvalue weighted by Gasteiger charge is 2.29. The molecule has 1 aliphatic carbocycles. The number of aliphatic hydroxyl groups is 1. The number of aliphatic hydroxyl groups excluding tert-OH is 1. The molecule has 2 N–H and O–H groups in total. The average molecular weight is 252 g/mol. The van der Waals surface area contributed by atoms with Crippen molar-refractivity contribution >= 4 is 21.9 Å². The first-order valence-corrected chi connectivity index (χ1v) is 6.07. The van der Waals surface area contributed by atoms with E-state index in [0.29, 0.717) is 0 Å². The molecule has 1 atom stereocenters. The van der Waals surface area contributed by atoms with Gasteiger partial charge in [-0.15, -0.1) is 0 Å². The summed E-state index contributed by atoms with van der Waals surface area (Å²) in [6, 6.07) is 4.11. The van der Waals surface area contributed by atoms with E-state index in [4.69, 9.17) is 10.1 Å². The molecule has 0 fully saturated rings. The van der Waals surface area contributed by atoms with Crippen LogP contribution in [0.1, 0.15) is 17.2 Å². The van der Waals surface area contributed by atoms with Crippen molar-refractivity contribution in [2.45, 2.75) is 11.0 Å². The lowest BCUT2D eigenvalue weighted by atomic mass is 9.93. The maximum Gasteiger partial charge on any atom is 0.324 e. The van der Waals surface area contributed by atoms with Crippen molar-refractivity contribution in [3.63, 3.8) is 0 Å². The summed E-state index contributed by atoms with van der Waals surface area (Å²) in [4.78, 5) is 2.60.